The minimum absolute atomic E-state index is 0.249. The molecule has 4 nitrogen and oxygen atoms in total. The number of carbonyl (C=O) groups is 1. The van der Waals surface area contributed by atoms with E-state index in [0.717, 1.165) is 19.6 Å². The van der Waals surface area contributed by atoms with Crippen LogP contribution in [0.1, 0.15) is 53.4 Å². The Kier molecular flexibility index (Phi) is 6.27. The van der Waals surface area contributed by atoms with Crippen molar-refractivity contribution in [1.29, 1.82) is 0 Å². The summed E-state index contributed by atoms with van der Waals surface area (Å²) in [6, 6.07) is 0.625. The Bertz CT molecular complexity index is 287. The minimum Gasteiger partial charge on any atom is -0.368 e. The molecule has 0 heterocycles. The molecule has 1 saturated carbocycles. The Balaban J connectivity index is 2.75. The van der Waals surface area contributed by atoms with Crippen LogP contribution in [0.25, 0.3) is 0 Å². The van der Waals surface area contributed by atoms with E-state index in [4.69, 9.17) is 5.73 Å². The van der Waals surface area contributed by atoms with Crippen molar-refractivity contribution in [3.63, 3.8) is 0 Å². The van der Waals surface area contributed by atoms with Gasteiger partial charge in [0.25, 0.3) is 0 Å². The van der Waals surface area contributed by atoms with Crippen LogP contribution in [-0.4, -0.2) is 42.0 Å². The molecule has 1 unspecified atom stereocenters. The zero-order valence-electron chi connectivity index (χ0n) is 13.0. The van der Waals surface area contributed by atoms with E-state index in [2.05, 4.69) is 24.1 Å². The third-order valence-corrected chi connectivity index (χ3v) is 4.07. The monoisotopic (exact) mass is 269 g/mol. The second-order valence-electron chi connectivity index (χ2n) is 6.49. The van der Waals surface area contributed by atoms with Gasteiger partial charge < -0.3 is 11.1 Å². The first kappa shape index (κ1) is 16.4. The van der Waals surface area contributed by atoms with Crippen LogP contribution >= 0.6 is 0 Å². The van der Waals surface area contributed by atoms with Crippen molar-refractivity contribution in [3.05, 3.63) is 0 Å². The van der Waals surface area contributed by atoms with Gasteiger partial charge in [-0.05, 0) is 32.2 Å². The van der Waals surface area contributed by atoms with Crippen LogP contribution in [0.4, 0.5) is 0 Å². The van der Waals surface area contributed by atoms with Gasteiger partial charge in [-0.25, -0.2) is 0 Å². The van der Waals surface area contributed by atoms with Gasteiger partial charge in [-0.1, -0.05) is 33.6 Å². The maximum absolute atomic E-state index is 11.8. The number of primary amides is 1. The van der Waals surface area contributed by atoms with E-state index in [1.807, 2.05) is 13.8 Å². The molecule has 1 atom stereocenters. The van der Waals surface area contributed by atoms with Gasteiger partial charge in [0, 0.05) is 19.1 Å². The fraction of sp³-hybridized carbons (Fsp3) is 0.933. The Morgan fingerprint density at radius 2 is 2.00 bits per heavy atom. The van der Waals surface area contributed by atoms with Gasteiger partial charge in [0.05, 0.1) is 0 Å². The van der Waals surface area contributed by atoms with Crippen molar-refractivity contribution >= 4 is 5.91 Å². The maximum Gasteiger partial charge on any atom is 0.238 e. The van der Waals surface area contributed by atoms with Gasteiger partial charge in [-0.3, -0.25) is 9.69 Å². The molecular weight excluding hydrogens is 238 g/mol. The molecular formula is C15H31N3O. The third kappa shape index (κ3) is 4.77. The van der Waals surface area contributed by atoms with Crippen molar-refractivity contribution < 1.29 is 4.79 Å². The summed E-state index contributed by atoms with van der Waals surface area (Å²) in [5.74, 6) is 0.362. The van der Waals surface area contributed by atoms with Gasteiger partial charge in [-0.2, -0.15) is 0 Å². The number of likely N-dealkylation sites (N-methyl/N-ethyl adjacent to an activating group) is 1. The predicted molar refractivity (Wildman–Crippen MR) is 79.9 cm³/mol. The summed E-state index contributed by atoms with van der Waals surface area (Å²) in [5.41, 5.74) is 4.99. The van der Waals surface area contributed by atoms with E-state index in [0.29, 0.717) is 12.0 Å². The van der Waals surface area contributed by atoms with E-state index in [-0.39, 0.29) is 5.91 Å². The molecule has 0 saturated heterocycles. The van der Waals surface area contributed by atoms with Crippen LogP contribution in [-0.2, 0) is 4.79 Å². The smallest absolute Gasteiger partial charge is 0.238 e. The summed E-state index contributed by atoms with van der Waals surface area (Å²) in [4.78, 5) is 14.3. The number of nitrogens with two attached hydrogens (primary N) is 1. The highest BCUT2D eigenvalue weighted by Crippen LogP contribution is 2.25. The molecule has 0 aromatic rings. The molecule has 1 amide bonds. The van der Waals surface area contributed by atoms with Crippen molar-refractivity contribution in [2.24, 2.45) is 11.7 Å². The van der Waals surface area contributed by atoms with Gasteiger partial charge >= 0.3 is 0 Å². The molecule has 4 heteroatoms. The first-order chi connectivity index (χ1) is 8.89. The van der Waals surface area contributed by atoms with E-state index in [1.165, 1.54) is 25.7 Å². The summed E-state index contributed by atoms with van der Waals surface area (Å²) in [6.45, 7) is 10.9. The Labute approximate surface area is 118 Å². The fourth-order valence-electron chi connectivity index (χ4n) is 3.10. The molecule has 0 aliphatic heterocycles. The average molecular weight is 269 g/mol. The number of hydrogen-bond donors (Lipinski definition) is 2. The molecule has 3 N–H and O–H groups in total. The largest absolute Gasteiger partial charge is 0.368 e. The molecule has 1 rings (SSSR count). The number of hydrogen-bond acceptors (Lipinski definition) is 3. The fourth-order valence-corrected chi connectivity index (χ4v) is 3.10. The SMILES string of the molecule is CCNC(C)(CN(CC(C)C)C1CCCC1)C(N)=O. The van der Waals surface area contributed by atoms with Crippen LogP contribution in [0.15, 0.2) is 0 Å². The number of rotatable bonds is 8. The Morgan fingerprint density at radius 1 is 1.42 bits per heavy atom. The summed E-state index contributed by atoms with van der Waals surface area (Å²) >= 11 is 0. The van der Waals surface area contributed by atoms with Crippen molar-refractivity contribution in [2.45, 2.75) is 65.0 Å². The molecule has 1 aliphatic rings. The van der Waals surface area contributed by atoms with Crippen LogP contribution < -0.4 is 11.1 Å². The molecule has 0 bridgehead atoms. The average Bonchev–Trinajstić information content (AvgIpc) is 2.80. The van der Waals surface area contributed by atoms with Crippen LogP contribution in [0.5, 0.6) is 0 Å². The van der Waals surface area contributed by atoms with Gasteiger partial charge in [0.2, 0.25) is 5.91 Å². The standard InChI is InChI=1S/C15H31N3O/c1-5-17-15(4,14(16)19)11-18(10-12(2)3)13-8-6-7-9-13/h12-13,17H,5-11H2,1-4H3,(H2,16,19). The lowest BCUT2D eigenvalue weighted by Gasteiger charge is -2.38. The lowest BCUT2D eigenvalue weighted by molar-refractivity contribution is -0.124. The third-order valence-electron chi connectivity index (χ3n) is 4.07. The van der Waals surface area contributed by atoms with Crippen LogP contribution in [0.3, 0.4) is 0 Å². The zero-order valence-corrected chi connectivity index (χ0v) is 13.0. The van der Waals surface area contributed by atoms with Crippen LogP contribution in [0.2, 0.25) is 0 Å². The molecule has 19 heavy (non-hydrogen) atoms. The van der Waals surface area contributed by atoms with Crippen LogP contribution in [0, 0.1) is 5.92 Å². The maximum atomic E-state index is 11.8. The van der Waals surface area contributed by atoms with Gasteiger partial charge in [0.15, 0.2) is 0 Å². The number of carbonyl (C=O) groups excluding carboxylic acids is 1. The molecule has 0 aromatic heterocycles. The Morgan fingerprint density at radius 3 is 2.42 bits per heavy atom. The molecule has 112 valence electrons. The second-order valence-corrected chi connectivity index (χ2v) is 6.49. The van der Waals surface area contributed by atoms with Gasteiger partial charge in [-0.15, -0.1) is 0 Å². The summed E-state index contributed by atoms with van der Waals surface area (Å²) in [7, 11) is 0. The zero-order chi connectivity index (χ0) is 14.5. The summed E-state index contributed by atoms with van der Waals surface area (Å²) < 4.78 is 0. The molecule has 0 spiro atoms. The van der Waals surface area contributed by atoms with Crippen molar-refractivity contribution in [3.8, 4) is 0 Å². The van der Waals surface area contributed by atoms with Gasteiger partial charge in [0.1, 0.15) is 5.54 Å². The summed E-state index contributed by atoms with van der Waals surface area (Å²) in [6.07, 6.45) is 5.14. The lowest BCUT2D eigenvalue weighted by Crippen LogP contribution is -2.61. The highest BCUT2D eigenvalue weighted by Gasteiger charge is 2.35. The molecule has 0 radical (unpaired) electrons. The first-order valence-corrected chi connectivity index (χ1v) is 7.68. The Hall–Kier alpha value is -0.610. The molecule has 0 aromatic carbocycles. The summed E-state index contributed by atoms with van der Waals surface area (Å²) in [5, 5.41) is 3.27. The van der Waals surface area contributed by atoms with E-state index in [9.17, 15) is 4.79 Å². The lowest BCUT2D eigenvalue weighted by atomic mass is 9.98. The van der Waals surface area contributed by atoms with E-state index in [1.54, 1.807) is 0 Å². The van der Waals surface area contributed by atoms with E-state index >= 15 is 0 Å². The topological polar surface area (TPSA) is 58.4 Å². The quantitative estimate of drug-likeness (QED) is 0.705. The number of amides is 1. The second kappa shape index (κ2) is 7.25. The number of nitrogens with one attached hydrogen (secondary N) is 1. The minimum atomic E-state index is -0.619. The van der Waals surface area contributed by atoms with E-state index < -0.39 is 5.54 Å². The number of nitrogens with zero attached hydrogens (tertiary/aromatic N) is 1. The normalized spacial score (nSPS) is 20.1. The van der Waals surface area contributed by atoms with Crippen molar-refractivity contribution in [2.75, 3.05) is 19.6 Å². The highest BCUT2D eigenvalue weighted by atomic mass is 16.1. The first-order valence-electron chi connectivity index (χ1n) is 7.68. The molecule has 1 fully saturated rings. The predicted octanol–water partition coefficient (Wildman–Crippen LogP) is 1.74. The highest BCUT2D eigenvalue weighted by molar-refractivity contribution is 5.84. The van der Waals surface area contributed by atoms with Crippen molar-refractivity contribution in [1.82, 2.24) is 10.2 Å². The molecule has 1 aliphatic carbocycles.